The highest BCUT2D eigenvalue weighted by atomic mass is 28.4. The Morgan fingerprint density at radius 3 is 2.06 bits per heavy atom. The SMILES string of the molecule is CC(C)(C)OC(=O)N1CCC(CCCc2ccc(CO[Si](C)(C)C(C)(C)C)cc2)CC1. The predicted octanol–water partition coefficient (Wildman–Crippen LogP) is 7.18. The van der Waals surface area contributed by atoms with E-state index in [2.05, 4.69) is 58.1 Å². The molecule has 0 bridgehead atoms. The summed E-state index contributed by atoms with van der Waals surface area (Å²) in [5.41, 5.74) is 2.26. The molecule has 176 valence electrons. The molecule has 1 aliphatic heterocycles. The molecule has 0 aromatic heterocycles. The lowest BCUT2D eigenvalue weighted by Gasteiger charge is -2.36. The lowest BCUT2D eigenvalue weighted by molar-refractivity contribution is 0.0180. The van der Waals surface area contributed by atoms with Crippen molar-refractivity contribution in [3.63, 3.8) is 0 Å². The van der Waals surface area contributed by atoms with Gasteiger partial charge in [-0.2, -0.15) is 0 Å². The second kappa shape index (κ2) is 10.5. The van der Waals surface area contributed by atoms with E-state index in [0.717, 1.165) is 38.3 Å². The number of aryl methyl sites for hydroxylation is 1. The highest BCUT2D eigenvalue weighted by molar-refractivity contribution is 6.74. The van der Waals surface area contributed by atoms with Gasteiger partial charge in [-0.1, -0.05) is 45.0 Å². The first-order chi connectivity index (χ1) is 14.3. The first-order valence-electron chi connectivity index (χ1n) is 12.0. The first-order valence-corrected chi connectivity index (χ1v) is 14.9. The summed E-state index contributed by atoms with van der Waals surface area (Å²) in [5, 5.41) is 0.246. The summed E-state index contributed by atoms with van der Waals surface area (Å²) in [6.45, 7) is 19.6. The van der Waals surface area contributed by atoms with Crippen molar-refractivity contribution in [3.05, 3.63) is 35.4 Å². The minimum atomic E-state index is -1.70. The number of carbonyl (C=O) groups excluding carboxylic acids is 1. The molecule has 4 nitrogen and oxygen atoms in total. The van der Waals surface area contributed by atoms with E-state index in [1.807, 2.05) is 25.7 Å². The smallest absolute Gasteiger partial charge is 0.410 e. The summed E-state index contributed by atoms with van der Waals surface area (Å²) < 4.78 is 11.8. The number of rotatable bonds is 7. The van der Waals surface area contributed by atoms with Crippen molar-refractivity contribution in [1.29, 1.82) is 0 Å². The fourth-order valence-electron chi connectivity index (χ4n) is 3.61. The van der Waals surface area contributed by atoms with E-state index in [4.69, 9.17) is 9.16 Å². The number of benzene rings is 1. The van der Waals surface area contributed by atoms with Crippen LogP contribution in [0.1, 0.15) is 78.4 Å². The van der Waals surface area contributed by atoms with E-state index in [1.165, 1.54) is 24.0 Å². The Balaban J connectivity index is 1.69. The summed E-state index contributed by atoms with van der Waals surface area (Å²) in [4.78, 5) is 14.1. The molecule has 1 amide bonds. The molecule has 1 saturated heterocycles. The average molecular weight is 448 g/mol. The van der Waals surface area contributed by atoms with Gasteiger partial charge in [0.05, 0.1) is 6.61 Å². The van der Waals surface area contributed by atoms with Crippen LogP contribution in [0.25, 0.3) is 0 Å². The Morgan fingerprint density at radius 1 is 1.00 bits per heavy atom. The van der Waals surface area contributed by atoms with Crippen molar-refractivity contribution in [2.45, 2.75) is 104 Å². The van der Waals surface area contributed by atoms with Gasteiger partial charge in [-0.15, -0.1) is 0 Å². The summed E-state index contributed by atoms with van der Waals surface area (Å²) >= 11 is 0. The van der Waals surface area contributed by atoms with Gasteiger partial charge in [0.1, 0.15) is 5.60 Å². The molecule has 1 aromatic carbocycles. The Labute approximate surface area is 191 Å². The van der Waals surface area contributed by atoms with Gasteiger partial charge < -0.3 is 14.1 Å². The van der Waals surface area contributed by atoms with E-state index < -0.39 is 13.9 Å². The normalized spacial score (nSPS) is 16.5. The van der Waals surface area contributed by atoms with Crippen LogP contribution < -0.4 is 0 Å². The van der Waals surface area contributed by atoms with Crippen LogP contribution in [0.15, 0.2) is 24.3 Å². The zero-order chi connectivity index (χ0) is 23.3. The number of amides is 1. The summed E-state index contributed by atoms with van der Waals surface area (Å²) in [7, 11) is -1.70. The standard InChI is InChI=1S/C26H45NO3Si/c1-25(2,3)30-24(28)27-18-16-22(17-19-27)11-9-10-21-12-14-23(15-13-21)20-29-31(7,8)26(4,5)6/h12-15,22H,9-11,16-20H2,1-8H3. The van der Waals surface area contributed by atoms with E-state index in [1.54, 1.807) is 0 Å². The molecular formula is C26H45NO3Si. The van der Waals surface area contributed by atoms with Gasteiger partial charge in [0.15, 0.2) is 8.32 Å². The van der Waals surface area contributed by atoms with Crippen molar-refractivity contribution in [1.82, 2.24) is 4.90 Å². The van der Waals surface area contributed by atoms with Crippen LogP contribution in [0.4, 0.5) is 4.79 Å². The van der Waals surface area contributed by atoms with Crippen molar-refractivity contribution in [2.75, 3.05) is 13.1 Å². The summed E-state index contributed by atoms with van der Waals surface area (Å²) in [6, 6.07) is 8.97. The number of likely N-dealkylation sites (tertiary alicyclic amines) is 1. The van der Waals surface area contributed by atoms with Crippen molar-refractivity contribution in [2.24, 2.45) is 5.92 Å². The summed E-state index contributed by atoms with van der Waals surface area (Å²) in [6.07, 6.45) is 5.57. The zero-order valence-electron chi connectivity index (χ0n) is 21.2. The molecule has 0 aliphatic carbocycles. The highest BCUT2D eigenvalue weighted by Gasteiger charge is 2.37. The molecule has 1 heterocycles. The van der Waals surface area contributed by atoms with Gasteiger partial charge in [-0.3, -0.25) is 0 Å². The molecule has 0 saturated carbocycles. The number of carbonyl (C=O) groups is 1. The molecule has 1 aromatic rings. The van der Waals surface area contributed by atoms with E-state index in [0.29, 0.717) is 6.61 Å². The number of hydrogen-bond donors (Lipinski definition) is 0. The van der Waals surface area contributed by atoms with Gasteiger partial charge in [-0.05, 0) is 88.1 Å². The summed E-state index contributed by atoms with van der Waals surface area (Å²) in [5.74, 6) is 0.718. The lowest BCUT2D eigenvalue weighted by atomic mass is 9.91. The largest absolute Gasteiger partial charge is 0.444 e. The van der Waals surface area contributed by atoms with Gasteiger partial charge in [-0.25, -0.2) is 4.79 Å². The number of hydrogen-bond acceptors (Lipinski definition) is 3. The van der Waals surface area contributed by atoms with Crippen LogP contribution in [-0.2, 0) is 22.2 Å². The second-order valence-electron chi connectivity index (χ2n) is 11.7. The van der Waals surface area contributed by atoms with E-state index >= 15 is 0 Å². The predicted molar refractivity (Wildman–Crippen MR) is 132 cm³/mol. The number of ether oxygens (including phenoxy) is 1. The molecule has 0 unspecified atom stereocenters. The fourth-order valence-corrected chi connectivity index (χ4v) is 4.57. The van der Waals surface area contributed by atoms with Crippen LogP contribution in [0.3, 0.4) is 0 Å². The third kappa shape index (κ3) is 8.61. The van der Waals surface area contributed by atoms with Crippen molar-refractivity contribution in [3.8, 4) is 0 Å². The maximum atomic E-state index is 12.2. The van der Waals surface area contributed by atoms with Gasteiger partial charge in [0.25, 0.3) is 0 Å². The number of piperidine rings is 1. The molecule has 1 fully saturated rings. The maximum Gasteiger partial charge on any atom is 0.410 e. The van der Waals surface area contributed by atoms with Crippen LogP contribution in [0, 0.1) is 5.92 Å². The zero-order valence-corrected chi connectivity index (χ0v) is 22.2. The monoisotopic (exact) mass is 447 g/mol. The quantitative estimate of drug-likeness (QED) is 0.416. The average Bonchev–Trinajstić information content (AvgIpc) is 2.66. The molecule has 31 heavy (non-hydrogen) atoms. The van der Waals surface area contributed by atoms with Crippen LogP contribution in [0.5, 0.6) is 0 Å². The van der Waals surface area contributed by atoms with E-state index in [9.17, 15) is 4.79 Å². The molecule has 0 spiro atoms. The van der Waals surface area contributed by atoms with Crippen molar-refractivity contribution < 1.29 is 14.0 Å². The topological polar surface area (TPSA) is 38.8 Å². The Hall–Kier alpha value is -1.33. The minimum absolute atomic E-state index is 0.163. The van der Waals surface area contributed by atoms with Crippen molar-refractivity contribution >= 4 is 14.4 Å². The minimum Gasteiger partial charge on any atom is -0.444 e. The molecule has 1 aliphatic rings. The number of nitrogens with zero attached hydrogens (tertiary/aromatic N) is 1. The lowest BCUT2D eigenvalue weighted by Crippen LogP contribution is -2.41. The third-order valence-corrected chi connectivity index (χ3v) is 11.3. The van der Waals surface area contributed by atoms with Gasteiger partial charge in [0.2, 0.25) is 0 Å². The van der Waals surface area contributed by atoms with Crippen LogP contribution in [-0.4, -0.2) is 38.0 Å². The molecule has 2 rings (SSSR count). The third-order valence-electron chi connectivity index (χ3n) is 6.77. The molecule has 5 heteroatoms. The molecule has 0 radical (unpaired) electrons. The molecule has 0 atom stereocenters. The molecule has 0 N–H and O–H groups in total. The Bertz CT molecular complexity index is 693. The van der Waals surface area contributed by atoms with Gasteiger partial charge >= 0.3 is 6.09 Å². The fraction of sp³-hybridized carbons (Fsp3) is 0.731. The second-order valence-corrected chi connectivity index (χ2v) is 16.5. The molecular weight excluding hydrogens is 402 g/mol. The van der Waals surface area contributed by atoms with Crippen LogP contribution in [0.2, 0.25) is 18.1 Å². The van der Waals surface area contributed by atoms with Crippen LogP contribution >= 0.6 is 0 Å². The van der Waals surface area contributed by atoms with Gasteiger partial charge in [0, 0.05) is 13.1 Å². The Morgan fingerprint density at radius 2 is 1.55 bits per heavy atom. The van der Waals surface area contributed by atoms with E-state index in [-0.39, 0.29) is 11.1 Å². The first kappa shape index (κ1) is 25.9. The highest BCUT2D eigenvalue weighted by Crippen LogP contribution is 2.37. The maximum absolute atomic E-state index is 12.2. The Kier molecular flexibility index (Phi) is 8.80.